The first-order valence-electron chi connectivity index (χ1n) is 12.5. The molecule has 3 amide bonds. The molecule has 0 aliphatic carbocycles. The van der Waals surface area contributed by atoms with E-state index < -0.39 is 34.4 Å². The van der Waals surface area contributed by atoms with E-state index in [1.165, 1.54) is 23.1 Å². The van der Waals surface area contributed by atoms with Crippen LogP contribution >= 0.6 is 0 Å². The number of fused-ring (bicyclic) bond motifs is 1. The molecule has 8 nitrogen and oxygen atoms in total. The number of hydrogen-bond donors (Lipinski definition) is 1. The van der Waals surface area contributed by atoms with Crippen molar-refractivity contribution >= 4 is 27.7 Å². The van der Waals surface area contributed by atoms with Gasteiger partial charge in [0.05, 0.1) is 5.56 Å². The summed E-state index contributed by atoms with van der Waals surface area (Å²) in [6.07, 6.45) is 0.948. The van der Waals surface area contributed by atoms with E-state index in [-0.39, 0.29) is 29.3 Å². The number of carbonyl (C=O) groups is 3. The predicted molar refractivity (Wildman–Crippen MR) is 144 cm³/mol. The molecule has 0 saturated heterocycles. The van der Waals surface area contributed by atoms with Crippen LogP contribution in [0.4, 0.5) is 0 Å². The predicted octanol–water partition coefficient (Wildman–Crippen LogP) is 3.31. The van der Waals surface area contributed by atoms with Crippen molar-refractivity contribution in [3.05, 3.63) is 101 Å². The molecule has 4 rings (SSSR count). The Kier molecular flexibility index (Phi) is 8.26. The van der Waals surface area contributed by atoms with Gasteiger partial charge in [0.1, 0.15) is 17.5 Å². The topological polar surface area (TPSA) is 104 Å². The SMILES string of the molecule is CCCNC(=O)C(Cc1ccccc1)N(Cc1cccc(C)c1)C(=O)CN1C(=O)c2ccccc2S1(=O)=O. The Labute approximate surface area is 223 Å². The lowest BCUT2D eigenvalue weighted by Gasteiger charge is -2.32. The molecule has 0 radical (unpaired) electrons. The van der Waals surface area contributed by atoms with Gasteiger partial charge in [-0.1, -0.05) is 79.2 Å². The first-order valence-corrected chi connectivity index (χ1v) is 14.0. The molecule has 0 fully saturated rings. The van der Waals surface area contributed by atoms with Gasteiger partial charge in [0.25, 0.3) is 15.9 Å². The Balaban J connectivity index is 1.70. The maximum atomic E-state index is 13.9. The van der Waals surface area contributed by atoms with E-state index in [0.29, 0.717) is 17.3 Å². The molecule has 1 atom stereocenters. The van der Waals surface area contributed by atoms with Gasteiger partial charge in [-0.05, 0) is 36.6 Å². The van der Waals surface area contributed by atoms with Gasteiger partial charge >= 0.3 is 0 Å². The maximum Gasteiger partial charge on any atom is 0.269 e. The highest BCUT2D eigenvalue weighted by Gasteiger charge is 2.43. The molecule has 3 aromatic rings. The lowest BCUT2D eigenvalue weighted by molar-refractivity contribution is -0.141. The molecule has 1 unspecified atom stereocenters. The highest BCUT2D eigenvalue weighted by Crippen LogP contribution is 2.30. The summed E-state index contributed by atoms with van der Waals surface area (Å²) < 4.78 is 26.9. The van der Waals surface area contributed by atoms with Crippen molar-refractivity contribution in [1.29, 1.82) is 0 Å². The zero-order valence-electron chi connectivity index (χ0n) is 21.5. The molecule has 0 aromatic heterocycles. The maximum absolute atomic E-state index is 13.9. The summed E-state index contributed by atoms with van der Waals surface area (Å²) in [6.45, 7) is 3.67. The fraction of sp³-hybridized carbons (Fsp3) is 0.276. The van der Waals surface area contributed by atoms with Gasteiger partial charge in [0.2, 0.25) is 11.8 Å². The van der Waals surface area contributed by atoms with Crippen LogP contribution in [0, 0.1) is 6.92 Å². The molecule has 198 valence electrons. The number of nitrogens with one attached hydrogen (secondary N) is 1. The monoisotopic (exact) mass is 533 g/mol. The van der Waals surface area contributed by atoms with Crippen molar-refractivity contribution in [2.24, 2.45) is 0 Å². The average Bonchev–Trinajstić information content (AvgIpc) is 3.10. The van der Waals surface area contributed by atoms with Gasteiger partial charge in [0, 0.05) is 19.5 Å². The van der Waals surface area contributed by atoms with E-state index in [2.05, 4.69) is 5.32 Å². The number of benzene rings is 3. The normalized spacial score (nSPS) is 14.6. The highest BCUT2D eigenvalue weighted by atomic mass is 32.2. The molecule has 0 saturated carbocycles. The molecule has 1 heterocycles. The van der Waals surface area contributed by atoms with Crippen molar-refractivity contribution in [3.8, 4) is 0 Å². The molecule has 0 spiro atoms. The van der Waals surface area contributed by atoms with E-state index in [0.717, 1.165) is 16.7 Å². The van der Waals surface area contributed by atoms with Gasteiger partial charge in [-0.3, -0.25) is 14.4 Å². The average molecular weight is 534 g/mol. The van der Waals surface area contributed by atoms with Crippen LogP contribution in [0.25, 0.3) is 0 Å². The van der Waals surface area contributed by atoms with Gasteiger partial charge < -0.3 is 10.2 Å². The second-order valence-electron chi connectivity index (χ2n) is 9.32. The van der Waals surface area contributed by atoms with Crippen molar-refractivity contribution < 1.29 is 22.8 Å². The molecule has 1 aliphatic rings. The molecule has 0 bridgehead atoms. The molecule has 3 aromatic carbocycles. The van der Waals surface area contributed by atoms with Crippen LogP contribution in [0.15, 0.2) is 83.8 Å². The minimum atomic E-state index is -4.19. The largest absolute Gasteiger partial charge is 0.354 e. The number of carbonyl (C=O) groups excluding carboxylic acids is 3. The number of aryl methyl sites for hydroxylation is 1. The summed E-state index contributed by atoms with van der Waals surface area (Å²) in [5.41, 5.74) is 2.66. The van der Waals surface area contributed by atoms with Crippen LogP contribution < -0.4 is 5.32 Å². The van der Waals surface area contributed by atoms with Gasteiger partial charge in [0.15, 0.2) is 0 Å². The van der Waals surface area contributed by atoms with E-state index in [4.69, 9.17) is 0 Å². The summed E-state index contributed by atoms with van der Waals surface area (Å²) in [5, 5.41) is 2.89. The minimum absolute atomic E-state index is 0.0343. The lowest BCUT2D eigenvalue weighted by atomic mass is 10.0. The quantitative estimate of drug-likeness (QED) is 0.431. The standard InChI is InChI=1S/C29H31N3O5S/c1-3-16-30-28(34)25(18-22-11-5-4-6-12-22)31(19-23-13-9-10-21(2)17-23)27(33)20-32-29(35)24-14-7-8-15-26(24)38(32,36)37/h4-15,17,25H,3,16,18-20H2,1-2H3,(H,30,34). The Bertz CT molecular complexity index is 1440. The number of rotatable bonds is 10. The minimum Gasteiger partial charge on any atom is -0.354 e. The second kappa shape index (κ2) is 11.6. The Morgan fingerprint density at radius 3 is 2.32 bits per heavy atom. The zero-order chi connectivity index (χ0) is 27.3. The Hall–Kier alpha value is -3.98. The molecule has 1 N–H and O–H groups in total. The van der Waals surface area contributed by atoms with Crippen molar-refractivity contribution in [3.63, 3.8) is 0 Å². The highest BCUT2D eigenvalue weighted by molar-refractivity contribution is 7.90. The van der Waals surface area contributed by atoms with Crippen LogP contribution in [0.5, 0.6) is 0 Å². The van der Waals surface area contributed by atoms with Crippen molar-refractivity contribution in [2.45, 2.75) is 44.2 Å². The molecular weight excluding hydrogens is 502 g/mol. The van der Waals surface area contributed by atoms with E-state index in [9.17, 15) is 22.8 Å². The molecular formula is C29H31N3O5S. The number of amides is 3. The first-order chi connectivity index (χ1) is 18.2. The summed E-state index contributed by atoms with van der Waals surface area (Å²) in [4.78, 5) is 41.6. The number of nitrogens with zero attached hydrogens (tertiary/aromatic N) is 2. The van der Waals surface area contributed by atoms with Crippen LogP contribution in [-0.4, -0.2) is 54.5 Å². The Morgan fingerprint density at radius 1 is 0.947 bits per heavy atom. The van der Waals surface area contributed by atoms with Gasteiger partial charge in [-0.25, -0.2) is 12.7 Å². The van der Waals surface area contributed by atoms with Crippen LogP contribution in [0.1, 0.15) is 40.4 Å². The van der Waals surface area contributed by atoms with Gasteiger partial charge in [-0.2, -0.15) is 0 Å². The second-order valence-corrected chi connectivity index (χ2v) is 11.2. The smallest absolute Gasteiger partial charge is 0.269 e. The number of sulfonamides is 1. The lowest BCUT2D eigenvalue weighted by Crippen LogP contribution is -2.53. The van der Waals surface area contributed by atoms with Crippen LogP contribution in [0.3, 0.4) is 0 Å². The van der Waals surface area contributed by atoms with Gasteiger partial charge in [-0.15, -0.1) is 0 Å². The first kappa shape index (κ1) is 27.1. The molecule has 38 heavy (non-hydrogen) atoms. The summed E-state index contributed by atoms with van der Waals surface area (Å²) in [6, 6.07) is 21.9. The molecule has 1 aliphatic heterocycles. The van der Waals surface area contributed by atoms with Crippen molar-refractivity contribution in [2.75, 3.05) is 13.1 Å². The van der Waals surface area contributed by atoms with E-state index >= 15 is 0 Å². The summed E-state index contributed by atoms with van der Waals surface area (Å²) in [5.74, 6) is -1.72. The summed E-state index contributed by atoms with van der Waals surface area (Å²) in [7, 11) is -4.19. The Morgan fingerprint density at radius 2 is 1.63 bits per heavy atom. The fourth-order valence-corrected chi connectivity index (χ4v) is 6.05. The summed E-state index contributed by atoms with van der Waals surface area (Å²) >= 11 is 0. The van der Waals surface area contributed by atoms with E-state index in [1.54, 1.807) is 6.07 Å². The third-order valence-electron chi connectivity index (χ3n) is 6.45. The van der Waals surface area contributed by atoms with E-state index in [1.807, 2.05) is 68.4 Å². The third-order valence-corrected chi connectivity index (χ3v) is 8.23. The van der Waals surface area contributed by atoms with Crippen molar-refractivity contribution in [1.82, 2.24) is 14.5 Å². The number of hydrogen-bond acceptors (Lipinski definition) is 5. The van der Waals surface area contributed by atoms with Crippen LogP contribution in [-0.2, 0) is 32.6 Å². The van der Waals surface area contributed by atoms with Crippen LogP contribution in [0.2, 0.25) is 0 Å². The third kappa shape index (κ3) is 5.78. The fourth-order valence-electron chi connectivity index (χ4n) is 4.53. The molecule has 9 heteroatoms. The zero-order valence-corrected chi connectivity index (χ0v) is 22.3.